The Morgan fingerprint density at radius 2 is 2.11 bits per heavy atom. The molecule has 0 fully saturated rings. The van der Waals surface area contributed by atoms with E-state index in [0.29, 0.717) is 6.42 Å². The summed E-state index contributed by atoms with van der Waals surface area (Å²) in [6, 6.07) is 9.41. The van der Waals surface area contributed by atoms with Gasteiger partial charge >= 0.3 is 5.97 Å². The summed E-state index contributed by atoms with van der Waals surface area (Å²) in [6.07, 6.45) is 1.39. The molecule has 1 atom stereocenters. The highest BCUT2D eigenvalue weighted by Gasteiger charge is 2.18. The van der Waals surface area contributed by atoms with E-state index >= 15 is 0 Å². The number of nitrogens with zero attached hydrogens (tertiary/aromatic N) is 2. The first-order chi connectivity index (χ1) is 8.66. The fourth-order valence-electron chi connectivity index (χ4n) is 1.56. The largest absolute Gasteiger partial charge is 0.475 e. The third-order valence-electron chi connectivity index (χ3n) is 2.54. The highest BCUT2D eigenvalue weighted by atomic mass is 16.5. The fraction of sp³-hybridized carbons (Fsp3) is 0.250. The van der Waals surface area contributed by atoms with E-state index in [1.165, 1.54) is 0 Å². The van der Waals surface area contributed by atoms with E-state index in [1.54, 1.807) is 0 Å². The number of hydrogen-bond acceptors (Lipinski definition) is 5. The van der Waals surface area contributed by atoms with Crippen molar-refractivity contribution in [3.05, 3.63) is 47.6 Å². The summed E-state index contributed by atoms with van der Waals surface area (Å²) in [5.41, 5.74) is 7.03. The molecule has 3 N–H and O–H groups in total. The average Bonchev–Trinajstić information content (AvgIpc) is 2.87. The van der Waals surface area contributed by atoms with Gasteiger partial charge in [-0.15, -0.1) is 0 Å². The molecule has 0 aliphatic carbocycles. The standard InChI is InChI=1S/C12H13N3O3/c13-9(7-6-8-4-2-1-3-5-8)11-14-10(12(16)17)15-18-11/h1-5,9H,6-7,13H2,(H,16,17). The Hall–Kier alpha value is -2.21. The molecule has 6 nitrogen and oxygen atoms in total. The Bertz CT molecular complexity index is 524. The molecule has 1 heterocycles. The number of carbonyl (C=O) groups is 1. The molecule has 6 heteroatoms. The topological polar surface area (TPSA) is 102 Å². The lowest BCUT2D eigenvalue weighted by Gasteiger charge is -2.06. The minimum absolute atomic E-state index is 0.156. The van der Waals surface area contributed by atoms with Gasteiger partial charge in [0.25, 0.3) is 5.82 Å². The van der Waals surface area contributed by atoms with Crippen LogP contribution in [0, 0.1) is 0 Å². The number of nitrogens with two attached hydrogens (primary N) is 1. The van der Waals surface area contributed by atoms with Crippen LogP contribution in [0.1, 0.15) is 34.5 Å². The summed E-state index contributed by atoms with van der Waals surface area (Å²) >= 11 is 0. The number of aromatic carboxylic acids is 1. The SMILES string of the molecule is NC(CCc1ccccc1)c1nc(C(=O)O)no1. The van der Waals surface area contributed by atoms with Crippen LogP contribution >= 0.6 is 0 Å². The predicted octanol–water partition coefficient (Wildman–Crippen LogP) is 1.40. The summed E-state index contributed by atoms with van der Waals surface area (Å²) in [7, 11) is 0. The number of carboxylic acids is 1. The van der Waals surface area contributed by atoms with E-state index in [1.807, 2.05) is 30.3 Å². The van der Waals surface area contributed by atoms with Crippen LogP contribution in [0.25, 0.3) is 0 Å². The van der Waals surface area contributed by atoms with Crippen LogP contribution in [0.2, 0.25) is 0 Å². The zero-order chi connectivity index (χ0) is 13.0. The number of hydrogen-bond donors (Lipinski definition) is 2. The molecule has 2 aromatic rings. The minimum atomic E-state index is -1.22. The fourth-order valence-corrected chi connectivity index (χ4v) is 1.56. The lowest BCUT2D eigenvalue weighted by Crippen LogP contribution is -2.12. The molecule has 0 saturated carbocycles. The van der Waals surface area contributed by atoms with Gasteiger partial charge in [0.2, 0.25) is 5.89 Å². The van der Waals surface area contributed by atoms with Gasteiger partial charge in [-0.2, -0.15) is 4.98 Å². The molecule has 0 amide bonds. The van der Waals surface area contributed by atoms with E-state index < -0.39 is 12.0 Å². The first kappa shape index (κ1) is 12.3. The van der Waals surface area contributed by atoms with Gasteiger partial charge in [0.1, 0.15) is 0 Å². The molecule has 1 aromatic heterocycles. The number of aryl methyl sites for hydroxylation is 1. The van der Waals surface area contributed by atoms with Gasteiger partial charge in [-0.25, -0.2) is 4.79 Å². The maximum atomic E-state index is 10.6. The molecule has 2 rings (SSSR count). The molecule has 0 aliphatic rings. The molecule has 0 spiro atoms. The van der Waals surface area contributed by atoms with Gasteiger partial charge in [-0.3, -0.25) is 0 Å². The van der Waals surface area contributed by atoms with E-state index in [2.05, 4.69) is 10.1 Å². The lowest BCUT2D eigenvalue weighted by atomic mass is 10.1. The lowest BCUT2D eigenvalue weighted by molar-refractivity contribution is 0.0680. The maximum absolute atomic E-state index is 10.6. The third kappa shape index (κ3) is 2.92. The van der Waals surface area contributed by atoms with E-state index in [9.17, 15) is 4.79 Å². The molecule has 18 heavy (non-hydrogen) atoms. The molecule has 0 aliphatic heterocycles. The van der Waals surface area contributed by atoms with Crippen molar-refractivity contribution in [1.29, 1.82) is 0 Å². The molecule has 1 aromatic carbocycles. The number of benzene rings is 1. The minimum Gasteiger partial charge on any atom is -0.475 e. The Morgan fingerprint density at radius 1 is 1.39 bits per heavy atom. The van der Waals surface area contributed by atoms with E-state index in [-0.39, 0.29) is 11.7 Å². The van der Waals surface area contributed by atoms with Gasteiger partial charge in [-0.05, 0) is 23.6 Å². The third-order valence-corrected chi connectivity index (χ3v) is 2.54. The first-order valence-electron chi connectivity index (χ1n) is 5.53. The second-order valence-electron chi connectivity index (χ2n) is 3.89. The van der Waals surface area contributed by atoms with Crippen molar-refractivity contribution in [2.45, 2.75) is 18.9 Å². The predicted molar refractivity (Wildman–Crippen MR) is 62.9 cm³/mol. The maximum Gasteiger partial charge on any atom is 0.377 e. The van der Waals surface area contributed by atoms with Crippen LogP contribution in [0.4, 0.5) is 0 Å². The van der Waals surface area contributed by atoms with Crippen molar-refractivity contribution in [3.8, 4) is 0 Å². The summed E-state index contributed by atoms with van der Waals surface area (Å²) in [4.78, 5) is 14.3. The van der Waals surface area contributed by atoms with Crippen LogP contribution in [0.5, 0.6) is 0 Å². The van der Waals surface area contributed by atoms with Gasteiger partial charge in [0, 0.05) is 0 Å². The Kier molecular flexibility index (Phi) is 3.69. The van der Waals surface area contributed by atoms with Crippen molar-refractivity contribution >= 4 is 5.97 Å². The quantitative estimate of drug-likeness (QED) is 0.827. The molecule has 0 radical (unpaired) electrons. The van der Waals surface area contributed by atoms with Crippen LogP contribution in [0.15, 0.2) is 34.9 Å². The second kappa shape index (κ2) is 5.42. The summed E-state index contributed by atoms with van der Waals surface area (Å²) in [5, 5.41) is 12.0. The zero-order valence-electron chi connectivity index (χ0n) is 9.61. The zero-order valence-corrected chi connectivity index (χ0v) is 9.61. The molecule has 0 bridgehead atoms. The summed E-state index contributed by atoms with van der Waals surface area (Å²) in [5.74, 6) is -1.43. The number of rotatable bonds is 5. The van der Waals surface area contributed by atoms with Gasteiger partial charge in [-0.1, -0.05) is 30.3 Å². The summed E-state index contributed by atoms with van der Waals surface area (Å²) < 4.78 is 4.81. The number of carboxylic acid groups (broad SMARTS) is 1. The van der Waals surface area contributed by atoms with Gasteiger partial charge in [0.05, 0.1) is 6.04 Å². The van der Waals surface area contributed by atoms with Gasteiger partial charge < -0.3 is 15.4 Å². The monoisotopic (exact) mass is 247 g/mol. The molecule has 94 valence electrons. The normalized spacial score (nSPS) is 12.3. The van der Waals surface area contributed by atoms with Crippen molar-refractivity contribution in [2.75, 3.05) is 0 Å². The smallest absolute Gasteiger partial charge is 0.377 e. The molecule has 0 saturated heterocycles. The van der Waals surface area contributed by atoms with Crippen LogP contribution in [0.3, 0.4) is 0 Å². The molecular formula is C12H13N3O3. The Labute approximate surface area is 103 Å². The highest BCUT2D eigenvalue weighted by Crippen LogP contribution is 2.15. The van der Waals surface area contributed by atoms with Gasteiger partial charge in [0.15, 0.2) is 0 Å². The van der Waals surface area contributed by atoms with Crippen molar-refractivity contribution in [2.24, 2.45) is 5.73 Å². The van der Waals surface area contributed by atoms with E-state index in [0.717, 1.165) is 12.0 Å². The summed E-state index contributed by atoms with van der Waals surface area (Å²) in [6.45, 7) is 0. The average molecular weight is 247 g/mol. The molecule has 1 unspecified atom stereocenters. The van der Waals surface area contributed by atoms with Crippen LogP contribution in [-0.2, 0) is 6.42 Å². The Balaban J connectivity index is 1.95. The van der Waals surface area contributed by atoms with E-state index in [4.69, 9.17) is 15.4 Å². The molecular weight excluding hydrogens is 234 g/mol. The van der Waals surface area contributed by atoms with Crippen molar-refractivity contribution in [3.63, 3.8) is 0 Å². The number of aromatic nitrogens is 2. The Morgan fingerprint density at radius 3 is 2.72 bits per heavy atom. The van der Waals surface area contributed by atoms with Crippen LogP contribution in [-0.4, -0.2) is 21.2 Å². The highest BCUT2D eigenvalue weighted by molar-refractivity contribution is 5.82. The van der Waals surface area contributed by atoms with Crippen LogP contribution < -0.4 is 5.73 Å². The van der Waals surface area contributed by atoms with Crippen molar-refractivity contribution in [1.82, 2.24) is 10.1 Å². The van der Waals surface area contributed by atoms with Crippen molar-refractivity contribution < 1.29 is 14.4 Å². The second-order valence-corrected chi connectivity index (χ2v) is 3.89. The first-order valence-corrected chi connectivity index (χ1v) is 5.53.